The molecule has 2 N–H and O–H groups in total. The van der Waals surface area contributed by atoms with E-state index in [1.165, 1.54) is 0 Å². The van der Waals surface area contributed by atoms with E-state index in [1.54, 1.807) is 0 Å². The minimum Gasteiger partial charge on any atom is -0.507 e. The van der Waals surface area contributed by atoms with Crippen molar-refractivity contribution in [2.24, 2.45) is 5.92 Å². The van der Waals surface area contributed by atoms with Crippen LogP contribution in [0.4, 0.5) is 0 Å². The average molecular weight is 385 g/mol. The van der Waals surface area contributed by atoms with Crippen LogP contribution in [0.1, 0.15) is 86.3 Å². The lowest BCUT2D eigenvalue weighted by Gasteiger charge is -2.21. The molecule has 2 aromatic rings. The maximum atomic E-state index is 12.8. The first kappa shape index (κ1) is 20.7. The van der Waals surface area contributed by atoms with Crippen LogP contribution in [0.25, 0.3) is 0 Å². The number of fused-ring (bicyclic) bond motifs is 1. The van der Waals surface area contributed by atoms with Crippen molar-refractivity contribution in [1.29, 1.82) is 0 Å². The first-order valence-electron chi connectivity index (χ1n) is 10.8. The molecule has 1 unspecified atom stereocenters. The van der Waals surface area contributed by atoms with E-state index >= 15 is 0 Å². The minimum atomic E-state index is -0.395. The van der Waals surface area contributed by atoms with Crippen molar-refractivity contribution in [3.05, 3.63) is 62.7 Å². The Bertz CT molecular complexity index is 848. The molecule has 28 heavy (non-hydrogen) atoms. The van der Waals surface area contributed by atoms with E-state index in [-0.39, 0.29) is 18.3 Å². The zero-order chi connectivity index (χ0) is 20.1. The Morgan fingerprint density at radius 3 is 2.50 bits per heavy atom. The molecular weight excluding hydrogens is 352 g/mol. The Kier molecular flexibility index (Phi) is 6.95. The predicted molar refractivity (Wildman–Crippen MR) is 111 cm³/mol. The monoisotopic (exact) mass is 384 g/mol. The van der Waals surface area contributed by atoms with E-state index < -0.39 is 5.63 Å². The fourth-order valence-corrected chi connectivity index (χ4v) is 4.28. The molecule has 0 amide bonds. The van der Waals surface area contributed by atoms with Gasteiger partial charge in [-0.15, -0.1) is 0 Å². The van der Waals surface area contributed by atoms with Gasteiger partial charge in [-0.05, 0) is 49.1 Å². The fraction of sp³-hybridized carbons (Fsp3) is 0.542. The van der Waals surface area contributed by atoms with Gasteiger partial charge in [0.25, 0.3) is 0 Å². The minimum absolute atomic E-state index is 0.0317. The highest BCUT2D eigenvalue weighted by Gasteiger charge is 2.38. The number of aliphatic hydroxyl groups excluding tert-OH is 1. The second-order valence-corrected chi connectivity index (χ2v) is 7.69. The molecule has 0 spiro atoms. The number of aliphatic hydroxyl groups is 1. The molecule has 152 valence electrons. The summed E-state index contributed by atoms with van der Waals surface area (Å²) in [5, 5.41) is 20.5. The molecule has 1 fully saturated rings. The van der Waals surface area contributed by atoms with Crippen LogP contribution in [-0.4, -0.2) is 10.2 Å². The van der Waals surface area contributed by atoms with Crippen molar-refractivity contribution in [3.8, 4) is 5.75 Å². The summed E-state index contributed by atoms with van der Waals surface area (Å²) in [5.41, 5.74) is 2.66. The summed E-state index contributed by atoms with van der Waals surface area (Å²) in [7, 11) is 0. The predicted octanol–water partition coefficient (Wildman–Crippen LogP) is 5.06. The normalized spacial score (nSPS) is 17.5. The van der Waals surface area contributed by atoms with Gasteiger partial charge in [0.1, 0.15) is 11.5 Å². The molecule has 0 saturated heterocycles. The van der Waals surface area contributed by atoms with Gasteiger partial charge >= 0.3 is 5.63 Å². The van der Waals surface area contributed by atoms with E-state index in [4.69, 9.17) is 4.42 Å². The Morgan fingerprint density at radius 2 is 1.82 bits per heavy atom. The van der Waals surface area contributed by atoms with Gasteiger partial charge in [-0.2, -0.15) is 0 Å². The molecule has 1 heterocycles. The molecule has 4 rings (SSSR count). The standard InChI is InChI=1S/C22H26O4.C2H6/c23-13-14-6-5-7-16(12-14)19(15-10-11-15)20-21(24)17-8-3-1-2-4-9-18(17)26-22(20)25;1-2/h5-7,12,15,19,23-24H,1-4,8-11,13H2;1-2H3. The SMILES string of the molecule is CC.O=c1oc2c(c(O)c1C(c1cccc(CO)c1)C1CC1)CCCCCC2. The van der Waals surface area contributed by atoms with E-state index in [2.05, 4.69) is 0 Å². The number of hydrogen-bond acceptors (Lipinski definition) is 4. The van der Waals surface area contributed by atoms with Crippen LogP contribution in [-0.2, 0) is 19.4 Å². The van der Waals surface area contributed by atoms with Gasteiger partial charge in [-0.25, -0.2) is 4.79 Å². The second kappa shape index (κ2) is 9.42. The molecule has 1 aromatic heterocycles. The van der Waals surface area contributed by atoms with Gasteiger partial charge in [-0.3, -0.25) is 0 Å². The lowest BCUT2D eigenvalue weighted by atomic mass is 9.85. The van der Waals surface area contributed by atoms with Gasteiger partial charge in [0.2, 0.25) is 0 Å². The summed E-state index contributed by atoms with van der Waals surface area (Å²) < 4.78 is 5.72. The second-order valence-electron chi connectivity index (χ2n) is 7.69. The van der Waals surface area contributed by atoms with Crippen LogP contribution in [0.15, 0.2) is 33.5 Å². The summed E-state index contributed by atoms with van der Waals surface area (Å²) >= 11 is 0. The first-order valence-corrected chi connectivity index (χ1v) is 10.8. The number of hydrogen-bond donors (Lipinski definition) is 2. The zero-order valence-corrected chi connectivity index (χ0v) is 17.0. The van der Waals surface area contributed by atoms with Crippen LogP contribution in [0.2, 0.25) is 0 Å². The molecule has 0 aliphatic heterocycles. The Morgan fingerprint density at radius 1 is 1.11 bits per heavy atom. The molecular formula is C24H32O4. The van der Waals surface area contributed by atoms with Crippen molar-refractivity contribution >= 4 is 0 Å². The Balaban J connectivity index is 0.00000109. The van der Waals surface area contributed by atoms with Crippen molar-refractivity contribution in [2.75, 3.05) is 0 Å². The topological polar surface area (TPSA) is 70.7 Å². The Hall–Kier alpha value is -2.07. The molecule has 1 saturated carbocycles. The third-order valence-electron chi connectivity index (χ3n) is 5.79. The van der Waals surface area contributed by atoms with Crippen LogP contribution in [0, 0.1) is 5.92 Å². The molecule has 0 bridgehead atoms. The Labute approximate surface area is 167 Å². The van der Waals surface area contributed by atoms with E-state index in [0.717, 1.165) is 68.1 Å². The maximum Gasteiger partial charge on any atom is 0.343 e. The number of aromatic hydroxyl groups is 1. The summed E-state index contributed by atoms with van der Waals surface area (Å²) in [5.74, 6) is 1.02. The van der Waals surface area contributed by atoms with Crippen molar-refractivity contribution in [1.82, 2.24) is 0 Å². The highest BCUT2D eigenvalue weighted by atomic mass is 16.4. The maximum absolute atomic E-state index is 12.8. The van der Waals surface area contributed by atoms with Gasteiger partial charge in [0, 0.05) is 17.9 Å². The van der Waals surface area contributed by atoms with Crippen LogP contribution >= 0.6 is 0 Å². The lowest BCUT2D eigenvalue weighted by molar-refractivity contribution is 0.281. The first-order chi connectivity index (χ1) is 13.7. The third kappa shape index (κ3) is 4.33. The van der Waals surface area contributed by atoms with Crippen molar-refractivity contribution in [2.45, 2.75) is 77.7 Å². The highest BCUT2D eigenvalue weighted by molar-refractivity contribution is 5.47. The van der Waals surface area contributed by atoms with Gasteiger partial charge < -0.3 is 14.6 Å². The average Bonchev–Trinajstić information content (AvgIpc) is 3.53. The largest absolute Gasteiger partial charge is 0.507 e. The van der Waals surface area contributed by atoms with Gasteiger partial charge in [0.15, 0.2) is 0 Å². The third-order valence-corrected chi connectivity index (χ3v) is 5.79. The number of benzene rings is 1. The molecule has 4 heteroatoms. The quantitative estimate of drug-likeness (QED) is 0.772. The van der Waals surface area contributed by atoms with E-state index in [1.807, 2.05) is 38.1 Å². The van der Waals surface area contributed by atoms with Crippen LogP contribution < -0.4 is 5.63 Å². The summed E-state index contributed by atoms with van der Waals surface area (Å²) in [6, 6.07) is 7.70. The van der Waals surface area contributed by atoms with Crippen molar-refractivity contribution < 1.29 is 14.6 Å². The lowest BCUT2D eigenvalue weighted by Crippen LogP contribution is -2.19. The fourth-order valence-electron chi connectivity index (χ4n) is 4.28. The highest BCUT2D eigenvalue weighted by Crippen LogP contribution is 2.48. The molecule has 2 aliphatic carbocycles. The molecule has 4 nitrogen and oxygen atoms in total. The van der Waals surface area contributed by atoms with Crippen molar-refractivity contribution in [3.63, 3.8) is 0 Å². The summed E-state index contributed by atoms with van der Waals surface area (Å²) in [4.78, 5) is 12.8. The smallest absolute Gasteiger partial charge is 0.343 e. The number of rotatable bonds is 4. The zero-order valence-electron chi connectivity index (χ0n) is 17.0. The molecule has 1 aromatic carbocycles. The molecule has 2 aliphatic rings. The molecule has 0 radical (unpaired) electrons. The van der Waals surface area contributed by atoms with Gasteiger partial charge in [0.05, 0.1) is 12.2 Å². The van der Waals surface area contributed by atoms with Crippen LogP contribution in [0.5, 0.6) is 5.75 Å². The van der Waals surface area contributed by atoms with Gasteiger partial charge in [-0.1, -0.05) is 51.0 Å². The van der Waals surface area contributed by atoms with Crippen LogP contribution in [0.3, 0.4) is 0 Å². The summed E-state index contributed by atoms with van der Waals surface area (Å²) in [6.07, 6.45) is 7.90. The molecule has 1 atom stereocenters. The summed E-state index contributed by atoms with van der Waals surface area (Å²) in [6.45, 7) is 3.97. The number of aryl methyl sites for hydroxylation is 1. The van der Waals surface area contributed by atoms with E-state index in [0.29, 0.717) is 17.2 Å². The van der Waals surface area contributed by atoms with E-state index in [9.17, 15) is 15.0 Å².